The molecule has 0 aliphatic rings. The molecular formula is C16H17NO2. The number of phenols is 1. The molecule has 2 rings (SSSR count). The number of rotatable bonds is 3. The summed E-state index contributed by atoms with van der Waals surface area (Å²) in [5.74, 6) is -0.165. The quantitative estimate of drug-likeness (QED) is 0.916. The molecule has 0 fully saturated rings. The molecule has 1 amide bonds. The summed E-state index contributed by atoms with van der Waals surface area (Å²) in [7, 11) is 1.73. The second-order valence-corrected chi connectivity index (χ2v) is 4.66. The van der Waals surface area contributed by atoms with Crippen molar-refractivity contribution in [3.8, 4) is 5.75 Å². The Bertz CT molecular complexity index is 576. The molecule has 0 radical (unpaired) electrons. The number of hydrogen-bond acceptors (Lipinski definition) is 2. The van der Waals surface area contributed by atoms with Crippen molar-refractivity contribution in [1.82, 2.24) is 4.90 Å². The van der Waals surface area contributed by atoms with Crippen LogP contribution in [0.1, 0.15) is 21.5 Å². The summed E-state index contributed by atoms with van der Waals surface area (Å²) in [5, 5.41) is 9.68. The molecule has 98 valence electrons. The average molecular weight is 255 g/mol. The molecule has 0 atom stereocenters. The third kappa shape index (κ3) is 3.13. The maximum atomic E-state index is 12.2. The lowest BCUT2D eigenvalue weighted by atomic mass is 10.1. The molecule has 0 saturated heterocycles. The van der Waals surface area contributed by atoms with Crippen molar-refractivity contribution >= 4 is 5.91 Å². The first-order chi connectivity index (χ1) is 9.08. The zero-order chi connectivity index (χ0) is 13.8. The number of phenolic OH excluding ortho intramolecular Hbond substituents is 1. The van der Waals surface area contributed by atoms with Crippen LogP contribution >= 0.6 is 0 Å². The van der Waals surface area contributed by atoms with Crippen LogP contribution in [0.3, 0.4) is 0 Å². The van der Waals surface area contributed by atoms with Crippen LogP contribution in [0.5, 0.6) is 5.75 Å². The van der Waals surface area contributed by atoms with Crippen LogP contribution in [-0.2, 0) is 6.54 Å². The minimum absolute atomic E-state index is 0.0169. The summed E-state index contributed by atoms with van der Waals surface area (Å²) >= 11 is 0. The van der Waals surface area contributed by atoms with E-state index in [1.807, 2.05) is 31.2 Å². The van der Waals surface area contributed by atoms with Gasteiger partial charge in [-0.05, 0) is 24.6 Å². The Hall–Kier alpha value is -2.29. The lowest BCUT2D eigenvalue weighted by molar-refractivity contribution is 0.0782. The van der Waals surface area contributed by atoms with Gasteiger partial charge in [-0.2, -0.15) is 0 Å². The van der Waals surface area contributed by atoms with Crippen molar-refractivity contribution in [2.45, 2.75) is 13.5 Å². The normalized spacial score (nSPS) is 10.2. The summed E-state index contributed by atoms with van der Waals surface area (Å²) in [4.78, 5) is 13.8. The Kier molecular flexibility index (Phi) is 3.85. The number of nitrogens with zero attached hydrogens (tertiary/aromatic N) is 1. The molecule has 0 spiro atoms. The molecule has 3 nitrogen and oxygen atoms in total. The van der Waals surface area contributed by atoms with Crippen molar-refractivity contribution in [1.29, 1.82) is 0 Å². The van der Waals surface area contributed by atoms with E-state index in [9.17, 15) is 9.90 Å². The van der Waals surface area contributed by atoms with E-state index in [4.69, 9.17) is 0 Å². The zero-order valence-corrected chi connectivity index (χ0v) is 11.1. The minimum atomic E-state index is -0.182. The molecule has 0 aliphatic carbocycles. The summed E-state index contributed by atoms with van der Waals surface area (Å²) in [6, 6.07) is 14.6. The minimum Gasteiger partial charge on any atom is -0.507 e. The van der Waals surface area contributed by atoms with E-state index in [0.29, 0.717) is 12.1 Å². The van der Waals surface area contributed by atoms with Gasteiger partial charge in [0.1, 0.15) is 5.75 Å². The molecule has 1 N–H and O–H groups in total. The Morgan fingerprint density at radius 2 is 1.74 bits per heavy atom. The second-order valence-electron chi connectivity index (χ2n) is 4.66. The SMILES string of the molecule is Cc1ccc(CN(C)C(=O)c2ccccc2O)cc1. The van der Waals surface area contributed by atoms with E-state index < -0.39 is 0 Å². The predicted octanol–water partition coefficient (Wildman–Crippen LogP) is 2.97. The van der Waals surface area contributed by atoms with Gasteiger partial charge in [0.2, 0.25) is 0 Å². The second kappa shape index (κ2) is 5.57. The van der Waals surface area contributed by atoms with Crippen LogP contribution in [-0.4, -0.2) is 23.0 Å². The van der Waals surface area contributed by atoms with Gasteiger partial charge in [0.05, 0.1) is 5.56 Å². The average Bonchev–Trinajstić information content (AvgIpc) is 2.41. The fourth-order valence-electron chi connectivity index (χ4n) is 1.90. The van der Waals surface area contributed by atoms with E-state index in [1.165, 1.54) is 11.6 Å². The standard InChI is InChI=1S/C16H17NO2/c1-12-7-9-13(10-8-12)11-17(2)16(19)14-5-3-4-6-15(14)18/h3-10,18H,11H2,1-2H3. The van der Waals surface area contributed by atoms with Crippen LogP contribution in [0, 0.1) is 6.92 Å². The highest BCUT2D eigenvalue weighted by Gasteiger charge is 2.15. The highest BCUT2D eigenvalue weighted by atomic mass is 16.3. The van der Waals surface area contributed by atoms with Crippen LogP contribution in [0.15, 0.2) is 48.5 Å². The molecule has 0 saturated carbocycles. The first kappa shape index (κ1) is 13.1. The van der Waals surface area contributed by atoms with Gasteiger partial charge in [0.15, 0.2) is 0 Å². The van der Waals surface area contributed by atoms with Gasteiger partial charge < -0.3 is 10.0 Å². The van der Waals surface area contributed by atoms with Gasteiger partial charge in [-0.3, -0.25) is 4.79 Å². The van der Waals surface area contributed by atoms with Gasteiger partial charge >= 0.3 is 0 Å². The maximum absolute atomic E-state index is 12.2. The number of benzene rings is 2. The molecule has 2 aromatic rings. The van der Waals surface area contributed by atoms with Gasteiger partial charge in [-0.15, -0.1) is 0 Å². The molecule has 19 heavy (non-hydrogen) atoms. The van der Waals surface area contributed by atoms with E-state index in [1.54, 1.807) is 30.1 Å². The number of carbonyl (C=O) groups excluding carboxylic acids is 1. The van der Waals surface area contributed by atoms with E-state index in [0.717, 1.165) is 5.56 Å². The lowest BCUT2D eigenvalue weighted by Crippen LogP contribution is -2.26. The molecule has 0 aliphatic heterocycles. The van der Waals surface area contributed by atoms with Crippen LogP contribution < -0.4 is 0 Å². The van der Waals surface area contributed by atoms with Gasteiger partial charge in [0.25, 0.3) is 5.91 Å². The molecular weight excluding hydrogens is 238 g/mol. The van der Waals surface area contributed by atoms with Crippen LogP contribution in [0.2, 0.25) is 0 Å². The summed E-state index contributed by atoms with van der Waals surface area (Å²) in [6.45, 7) is 2.55. The Morgan fingerprint density at radius 3 is 2.37 bits per heavy atom. The van der Waals surface area contributed by atoms with E-state index >= 15 is 0 Å². The van der Waals surface area contributed by atoms with Crippen molar-refractivity contribution in [2.75, 3.05) is 7.05 Å². The number of aromatic hydroxyl groups is 1. The Labute approximate surface area is 113 Å². The number of hydrogen-bond donors (Lipinski definition) is 1. The van der Waals surface area contributed by atoms with E-state index in [2.05, 4.69) is 0 Å². The van der Waals surface area contributed by atoms with Gasteiger partial charge in [-0.1, -0.05) is 42.0 Å². The molecule has 0 unspecified atom stereocenters. The molecule has 0 heterocycles. The predicted molar refractivity (Wildman–Crippen MR) is 75.1 cm³/mol. The van der Waals surface area contributed by atoms with Crippen LogP contribution in [0.4, 0.5) is 0 Å². The maximum Gasteiger partial charge on any atom is 0.257 e. The Balaban J connectivity index is 2.12. The lowest BCUT2D eigenvalue weighted by Gasteiger charge is -2.18. The number of carbonyl (C=O) groups is 1. The van der Waals surface area contributed by atoms with Gasteiger partial charge in [0, 0.05) is 13.6 Å². The first-order valence-corrected chi connectivity index (χ1v) is 6.17. The van der Waals surface area contributed by atoms with E-state index in [-0.39, 0.29) is 11.7 Å². The molecule has 0 bridgehead atoms. The smallest absolute Gasteiger partial charge is 0.257 e. The highest BCUT2D eigenvalue weighted by Crippen LogP contribution is 2.18. The fourth-order valence-corrected chi connectivity index (χ4v) is 1.90. The molecule has 0 aromatic heterocycles. The van der Waals surface area contributed by atoms with Crippen LogP contribution in [0.25, 0.3) is 0 Å². The third-order valence-electron chi connectivity index (χ3n) is 3.02. The highest BCUT2D eigenvalue weighted by molar-refractivity contribution is 5.96. The van der Waals surface area contributed by atoms with Gasteiger partial charge in [-0.25, -0.2) is 0 Å². The third-order valence-corrected chi connectivity index (χ3v) is 3.02. The summed E-state index contributed by atoms with van der Waals surface area (Å²) in [6.07, 6.45) is 0. The monoisotopic (exact) mass is 255 g/mol. The first-order valence-electron chi connectivity index (χ1n) is 6.17. The summed E-state index contributed by atoms with van der Waals surface area (Å²) < 4.78 is 0. The largest absolute Gasteiger partial charge is 0.507 e. The number of para-hydroxylation sites is 1. The van der Waals surface area contributed by atoms with Crippen molar-refractivity contribution < 1.29 is 9.90 Å². The van der Waals surface area contributed by atoms with Crippen molar-refractivity contribution in [2.24, 2.45) is 0 Å². The number of aryl methyl sites for hydroxylation is 1. The fraction of sp³-hybridized carbons (Fsp3) is 0.188. The Morgan fingerprint density at radius 1 is 1.11 bits per heavy atom. The summed E-state index contributed by atoms with van der Waals surface area (Å²) in [5.41, 5.74) is 2.59. The molecule has 3 heteroatoms. The topological polar surface area (TPSA) is 40.5 Å². The zero-order valence-electron chi connectivity index (χ0n) is 11.1. The van der Waals surface area contributed by atoms with Crippen molar-refractivity contribution in [3.05, 3.63) is 65.2 Å². The van der Waals surface area contributed by atoms with Crippen molar-refractivity contribution in [3.63, 3.8) is 0 Å². The molecule has 2 aromatic carbocycles. The number of amides is 1.